The van der Waals surface area contributed by atoms with Crippen molar-refractivity contribution in [1.29, 1.82) is 0 Å². The molecule has 0 unspecified atom stereocenters. The van der Waals surface area contributed by atoms with Gasteiger partial charge in [0.15, 0.2) is 0 Å². The van der Waals surface area contributed by atoms with Gasteiger partial charge in [-0.15, -0.1) is 0 Å². The summed E-state index contributed by atoms with van der Waals surface area (Å²) in [6.07, 6.45) is 10.0. The number of amides is 1. The van der Waals surface area contributed by atoms with Crippen LogP contribution in [0.25, 0.3) is 5.69 Å². The second-order valence-corrected chi connectivity index (χ2v) is 6.49. The van der Waals surface area contributed by atoms with E-state index in [-0.39, 0.29) is 11.9 Å². The summed E-state index contributed by atoms with van der Waals surface area (Å²) < 4.78 is 3.61. The Morgan fingerprint density at radius 3 is 2.76 bits per heavy atom. The van der Waals surface area contributed by atoms with Crippen LogP contribution in [0.2, 0.25) is 0 Å². The minimum absolute atomic E-state index is 0.157. The number of aromatic nitrogens is 4. The average Bonchev–Trinajstić information content (AvgIpc) is 3.36. The van der Waals surface area contributed by atoms with Crippen molar-refractivity contribution < 1.29 is 4.79 Å². The first-order chi connectivity index (χ1) is 12.2. The summed E-state index contributed by atoms with van der Waals surface area (Å²) in [4.78, 5) is 14.8. The fourth-order valence-corrected chi connectivity index (χ4v) is 3.49. The maximum absolute atomic E-state index is 12.8. The Kier molecular flexibility index (Phi) is 4.09. The Bertz CT molecular complexity index is 850. The van der Waals surface area contributed by atoms with Crippen molar-refractivity contribution in [2.45, 2.75) is 25.3 Å². The molecular formula is C19H21N5O. The lowest BCUT2D eigenvalue weighted by Gasteiger charge is -2.24. The Morgan fingerprint density at radius 1 is 1.24 bits per heavy atom. The molecule has 0 aliphatic carbocycles. The van der Waals surface area contributed by atoms with E-state index < -0.39 is 0 Å². The van der Waals surface area contributed by atoms with Gasteiger partial charge in [-0.2, -0.15) is 10.2 Å². The number of rotatable bonds is 4. The van der Waals surface area contributed by atoms with Gasteiger partial charge in [0, 0.05) is 37.7 Å². The Hall–Kier alpha value is -2.89. The number of nitrogens with zero attached hydrogens (tertiary/aromatic N) is 5. The summed E-state index contributed by atoms with van der Waals surface area (Å²) in [6.45, 7) is 0.823. The van der Waals surface area contributed by atoms with Crippen molar-refractivity contribution in [3.05, 3.63) is 66.2 Å². The quantitative estimate of drug-likeness (QED) is 0.736. The van der Waals surface area contributed by atoms with Crippen LogP contribution >= 0.6 is 0 Å². The van der Waals surface area contributed by atoms with Gasteiger partial charge in [0.1, 0.15) is 0 Å². The van der Waals surface area contributed by atoms with Crippen molar-refractivity contribution in [3.8, 4) is 5.69 Å². The Morgan fingerprint density at radius 2 is 2.08 bits per heavy atom. The van der Waals surface area contributed by atoms with Crippen molar-refractivity contribution in [2.75, 3.05) is 6.54 Å². The van der Waals surface area contributed by atoms with E-state index in [4.69, 9.17) is 0 Å². The topological polar surface area (TPSA) is 56.0 Å². The molecule has 3 heterocycles. The van der Waals surface area contributed by atoms with Crippen LogP contribution in [0.5, 0.6) is 0 Å². The molecule has 1 saturated heterocycles. The van der Waals surface area contributed by atoms with Crippen molar-refractivity contribution in [2.24, 2.45) is 7.05 Å². The van der Waals surface area contributed by atoms with Crippen LogP contribution in [0.4, 0.5) is 0 Å². The van der Waals surface area contributed by atoms with Gasteiger partial charge in [-0.25, -0.2) is 4.68 Å². The van der Waals surface area contributed by atoms with Gasteiger partial charge in [0.25, 0.3) is 0 Å². The molecule has 1 fully saturated rings. The van der Waals surface area contributed by atoms with Gasteiger partial charge < -0.3 is 4.90 Å². The molecule has 1 aliphatic rings. The summed E-state index contributed by atoms with van der Waals surface area (Å²) in [5, 5.41) is 8.46. The Balaban J connectivity index is 1.46. The van der Waals surface area contributed by atoms with Gasteiger partial charge in [0.2, 0.25) is 5.91 Å². The molecule has 1 atom stereocenters. The van der Waals surface area contributed by atoms with E-state index >= 15 is 0 Å². The third-order valence-corrected chi connectivity index (χ3v) is 4.74. The number of hydrogen-bond acceptors (Lipinski definition) is 3. The maximum Gasteiger partial charge on any atom is 0.227 e. The van der Waals surface area contributed by atoms with Gasteiger partial charge in [-0.05, 0) is 36.6 Å². The van der Waals surface area contributed by atoms with E-state index in [2.05, 4.69) is 10.2 Å². The molecule has 0 saturated carbocycles. The predicted octanol–water partition coefficient (Wildman–Crippen LogP) is 2.51. The predicted molar refractivity (Wildman–Crippen MR) is 94.2 cm³/mol. The van der Waals surface area contributed by atoms with Crippen LogP contribution in [0, 0.1) is 0 Å². The Labute approximate surface area is 146 Å². The monoisotopic (exact) mass is 335 g/mol. The first-order valence-corrected chi connectivity index (χ1v) is 8.58. The van der Waals surface area contributed by atoms with E-state index in [0.717, 1.165) is 36.2 Å². The smallest absolute Gasteiger partial charge is 0.227 e. The standard InChI is InChI=1S/C19H21N5O/c1-22-14-16(13-21-22)18-4-2-10-23(18)19(25)12-15-5-7-17(8-6-15)24-11-3-9-20-24/h3,5-9,11,13-14,18H,2,4,10,12H2,1H3/t18-/m0/s1. The number of carbonyl (C=O) groups excluding carboxylic acids is 1. The summed E-state index contributed by atoms with van der Waals surface area (Å²) in [6, 6.07) is 10.1. The van der Waals surface area contributed by atoms with Crippen molar-refractivity contribution in [3.63, 3.8) is 0 Å². The highest BCUT2D eigenvalue weighted by molar-refractivity contribution is 5.79. The fraction of sp³-hybridized carbons (Fsp3) is 0.316. The molecule has 6 heteroatoms. The van der Waals surface area contributed by atoms with Crippen LogP contribution in [0.15, 0.2) is 55.1 Å². The van der Waals surface area contributed by atoms with E-state index in [9.17, 15) is 4.79 Å². The second-order valence-electron chi connectivity index (χ2n) is 6.49. The zero-order valence-electron chi connectivity index (χ0n) is 14.2. The van der Waals surface area contributed by atoms with Crippen LogP contribution in [-0.2, 0) is 18.3 Å². The summed E-state index contributed by atoms with van der Waals surface area (Å²) in [5.41, 5.74) is 3.15. The lowest BCUT2D eigenvalue weighted by Crippen LogP contribution is -2.31. The number of likely N-dealkylation sites (tertiary alicyclic amines) is 1. The lowest BCUT2D eigenvalue weighted by atomic mass is 10.1. The number of hydrogen-bond donors (Lipinski definition) is 0. The lowest BCUT2D eigenvalue weighted by molar-refractivity contribution is -0.131. The molecule has 6 nitrogen and oxygen atoms in total. The van der Waals surface area contributed by atoms with Crippen LogP contribution in [-0.4, -0.2) is 36.9 Å². The molecule has 4 rings (SSSR count). The highest BCUT2D eigenvalue weighted by Crippen LogP contribution is 2.32. The number of aryl methyl sites for hydroxylation is 1. The minimum Gasteiger partial charge on any atom is -0.335 e. The van der Waals surface area contributed by atoms with E-state index in [1.54, 1.807) is 10.9 Å². The molecule has 0 radical (unpaired) electrons. The molecule has 0 bridgehead atoms. The first kappa shape index (κ1) is 15.6. The molecule has 1 aromatic carbocycles. The van der Waals surface area contributed by atoms with Crippen LogP contribution < -0.4 is 0 Å². The average molecular weight is 335 g/mol. The zero-order chi connectivity index (χ0) is 17.2. The number of carbonyl (C=O) groups is 1. The third kappa shape index (κ3) is 3.20. The van der Waals surface area contributed by atoms with E-state index in [1.165, 1.54) is 0 Å². The van der Waals surface area contributed by atoms with Gasteiger partial charge in [-0.3, -0.25) is 9.48 Å². The fourth-order valence-electron chi connectivity index (χ4n) is 3.49. The van der Waals surface area contributed by atoms with Crippen LogP contribution in [0.3, 0.4) is 0 Å². The number of benzene rings is 1. The molecular weight excluding hydrogens is 314 g/mol. The normalized spacial score (nSPS) is 17.2. The molecule has 2 aromatic heterocycles. The highest BCUT2D eigenvalue weighted by atomic mass is 16.2. The minimum atomic E-state index is 0.157. The zero-order valence-corrected chi connectivity index (χ0v) is 14.2. The van der Waals surface area contributed by atoms with Crippen molar-refractivity contribution >= 4 is 5.91 Å². The summed E-state index contributed by atoms with van der Waals surface area (Å²) >= 11 is 0. The van der Waals surface area contributed by atoms with E-state index in [1.807, 2.05) is 65.6 Å². The summed E-state index contributed by atoms with van der Waals surface area (Å²) in [7, 11) is 1.91. The SMILES string of the molecule is Cn1cc([C@@H]2CCCN2C(=O)Cc2ccc(-n3cccn3)cc2)cn1. The highest BCUT2D eigenvalue weighted by Gasteiger charge is 2.30. The van der Waals surface area contributed by atoms with Gasteiger partial charge in [0.05, 0.1) is 24.3 Å². The molecule has 25 heavy (non-hydrogen) atoms. The summed E-state index contributed by atoms with van der Waals surface area (Å²) in [5.74, 6) is 0.179. The largest absolute Gasteiger partial charge is 0.335 e. The molecule has 1 amide bonds. The van der Waals surface area contributed by atoms with Gasteiger partial charge >= 0.3 is 0 Å². The molecule has 0 N–H and O–H groups in total. The maximum atomic E-state index is 12.8. The third-order valence-electron chi connectivity index (χ3n) is 4.74. The molecule has 3 aromatic rings. The first-order valence-electron chi connectivity index (χ1n) is 8.58. The molecule has 1 aliphatic heterocycles. The molecule has 128 valence electrons. The second kappa shape index (κ2) is 6.55. The van der Waals surface area contributed by atoms with Crippen LogP contribution in [0.1, 0.15) is 30.0 Å². The van der Waals surface area contributed by atoms with Gasteiger partial charge in [-0.1, -0.05) is 12.1 Å². The van der Waals surface area contributed by atoms with Crippen molar-refractivity contribution in [1.82, 2.24) is 24.5 Å². The molecule has 0 spiro atoms. The van der Waals surface area contributed by atoms with E-state index in [0.29, 0.717) is 6.42 Å².